The first-order valence-corrected chi connectivity index (χ1v) is 6.39. The van der Waals surface area contributed by atoms with Gasteiger partial charge in [-0.1, -0.05) is 0 Å². The van der Waals surface area contributed by atoms with Gasteiger partial charge in [-0.05, 0) is 25.7 Å². The van der Waals surface area contributed by atoms with Gasteiger partial charge in [-0.15, -0.1) is 0 Å². The van der Waals surface area contributed by atoms with E-state index < -0.39 is 0 Å². The van der Waals surface area contributed by atoms with Gasteiger partial charge < -0.3 is 15.0 Å². The lowest BCUT2D eigenvalue weighted by Gasteiger charge is -2.27. The molecule has 2 fully saturated rings. The third-order valence-corrected chi connectivity index (χ3v) is 3.32. The zero-order chi connectivity index (χ0) is 11.4. The number of nitrogens with one attached hydrogen (secondary N) is 1. The van der Waals surface area contributed by atoms with Crippen LogP contribution in [0.5, 0.6) is 0 Å². The quantitative estimate of drug-likeness (QED) is 0.747. The maximum absolute atomic E-state index is 12.0. The normalized spacial score (nSPS) is 25.4. The van der Waals surface area contributed by atoms with Crippen LogP contribution in [0.1, 0.15) is 26.2 Å². The molecule has 1 N–H and O–H groups in total. The van der Waals surface area contributed by atoms with Gasteiger partial charge >= 0.3 is 0 Å². The molecule has 0 aromatic rings. The lowest BCUT2D eigenvalue weighted by molar-refractivity contribution is -0.134. The summed E-state index contributed by atoms with van der Waals surface area (Å²) in [4.78, 5) is 14.0. The van der Waals surface area contributed by atoms with Crippen molar-refractivity contribution in [1.82, 2.24) is 10.2 Å². The zero-order valence-electron chi connectivity index (χ0n) is 10.1. The van der Waals surface area contributed by atoms with Gasteiger partial charge in [-0.2, -0.15) is 0 Å². The van der Waals surface area contributed by atoms with Crippen molar-refractivity contribution in [1.29, 1.82) is 0 Å². The van der Waals surface area contributed by atoms with Crippen LogP contribution in [0.4, 0.5) is 0 Å². The molecule has 0 spiro atoms. The third kappa shape index (κ3) is 3.46. The monoisotopic (exact) mass is 226 g/mol. The molecule has 0 bridgehead atoms. The topological polar surface area (TPSA) is 41.6 Å². The minimum atomic E-state index is 0.0782. The van der Waals surface area contributed by atoms with Crippen molar-refractivity contribution in [3.05, 3.63) is 0 Å². The van der Waals surface area contributed by atoms with E-state index in [0.717, 1.165) is 38.7 Å². The Labute approximate surface area is 97.3 Å². The molecule has 1 unspecified atom stereocenters. The molecule has 16 heavy (non-hydrogen) atoms. The SMILES string of the molecule is CCN(CC1CC1)C(=O)CC1CNCCO1. The molecule has 2 rings (SSSR count). The van der Waals surface area contributed by atoms with Crippen molar-refractivity contribution < 1.29 is 9.53 Å². The van der Waals surface area contributed by atoms with Crippen molar-refractivity contribution in [2.45, 2.75) is 32.3 Å². The van der Waals surface area contributed by atoms with E-state index in [1.54, 1.807) is 0 Å². The molecule has 92 valence electrons. The first-order chi connectivity index (χ1) is 7.79. The lowest BCUT2D eigenvalue weighted by atomic mass is 10.2. The van der Waals surface area contributed by atoms with Gasteiger partial charge in [0.2, 0.25) is 5.91 Å². The molecule has 4 nitrogen and oxygen atoms in total. The van der Waals surface area contributed by atoms with Crippen molar-refractivity contribution >= 4 is 5.91 Å². The summed E-state index contributed by atoms with van der Waals surface area (Å²) >= 11 is 0. The van der Waals surface area contributed by atoms with Crippen LogP contribution < -0.4 is 5.32 Å². The Morgan fingerprint density at radius 2 is 2.31 bits per heavy atom. The fourth-order valence-corrected chi connectivity index (χ4v) is 2.09. The first kappa shape index (κ1) is 11.9. The van der Waals surface area contributed by atoms with Gasteiger partial charge in [-0.3, -0.25) is 4.79 Å². The van der Waals surface area contributed by atoms with E-state index >= 15 is 0 Å². The summed E-state index contributed by atoms with van der Waals surface area (Å²) in [6.45, 7) is 6.29. The van der Waals surface area contributed by atoms with E-state index in [-0.39, 0.29) is 12.0 Å². The molecule has 1 saturated heterocycles. The van der Waals surface area contributed by atoms with Gasteiger partial charge in [0.15, 0.2) is 0 Å². The highest BCUT2D eigenvalue weighted by atomic mass is 16.5. The van der Waals surface area contributed by atoms with Crippen LogP contribution >= 0.6 is 0 Å². The fourth-order valence-electron chi connectivity index (χ4n) is 2.09. The number of morpholine rings is 1. The summed E-state index contributed by atoms with van der Waals surface area (Å²) in [6.07, 6.45) is 3.21. The fraction of sp³-hybridized carbons (Fsp3) is 0.917. The van der Waals surface area contributed by atoms with Gasteiger partial charge in [0.25, 0.3) is 0 Å². The molecule has 0 aromatic heterocycles. The standard InChI is InChI=1S/C12H22N2O2/c1-2-14(9-10-3-4-10)12(15)7-11-8-13-5-6-16-11/h10-11,13H,2-9H2,1H3. The van der Waals surface area contributed by atoms with E-state index in [9.17, 15) is 4.79 Å². The molecule has 1 aliphatic heterocycles. The number of amides is 1. The van der Waals surface area contributed by atoms with Gasteiger partial charge in [-0.25, -0.2) is 0 Å². The number of hydrogen-bond acceptors (Lipinski definition) is 3. The number of rotatable bonds is 5. The molecule has 1 amide bonds. The van der Waals surface area contributed by atoms with Crippen LogP contribution in [-0.2, 0) is 9.53 Å². The Morgan fingerprint density at radius 3 is 2.88 bits per heavy atom. The van der Waals surface area contributed by atoms with Crippen LogP contribution in [-0.4, -0.2) is 49.7 Å². The molecule has 1 heterocycles. The highest BCUT2D eigenvalue weighted by molar-refractivity contribution is 5.76. The van der Waals surface area contributed by atoms with Crippen LogP contribution in [0.3, 0.4) is 0 Å². The average Bonchev–Trinajstić information content (AvgIpc) is 3.11. The average molecular weight is 226 g/mol. The van der Waals surface area contributed by atoms with E-state index in [4.69, 9.17) is 4.74 Å². The minimum Gasteiger partial charge on any atom is -0.375 e. The molecule has 1 atom stereocenters. The Kier molecular flexibility index (Phi) is 4.18. The smallest absolute Gasteiger partial charge is 0.225 e. The highest BCUT2D eigenvalue weighted by Crippen LogP contribution is 2.29. The summed E-state index contributed by atoms with van der Waals surface area (Å²) in [7, 11) is 0. The summed E-state index contributed by atoms with van der Waals surface area (Å²) in [5.41, 5.74) is 0. The second-order valence-electron chi connectivity index (χ2n) is 4.78. The Hall–Kier alpha value is -0.610. The predicted molar refractivity (Wildman–Crippen MR) is 62.2 cm³/mol. The van der Waals surface area contributed by atoms with E-state index in [1.165, 1.54) is 12.8 Å². The molecule has 1 saturated carbocycles. The van der Waals surface area contributed by atoms with Crippen molar-refractivity contribution in [2.75, 3.05) is 32.8 Å². The number of carbonyl (C=O) groups is 1. The van der Waals surface area contributed by atoms with Gasteiger partial charge in [0.1, 0.15) is 0 Å². The van der Waals surface area contributed by atoms with Crippen LogP contribution in [0.25, 0.3) is 0 Å². The van der Waals surface area contributed by atoms with Crippen molar-refractivity contribution in [3.63, 3.8) is 0 Å². The van der Waals surface area contributed by atoms with Gasteiger partial charge in [0, 0.05) is 26.2 Å². The molecule has 1 aliphatic carbocycles. The molecule has 2 aliphatic rings. The summed E-state index contributed by atoms with van der Waals surface area (Å²) < 4.78 is 5.55. The maximum Gasteiger partial charge on any atom is 0.225 e. The zero-order valence-corrected chi connectivity index (χ0v) is 10.1. The first-order valence-electron chi connectivity index (χ1n) is 6.39. The molecular weight excluding hydrogens is 204 g/mol. The Balaban J connectivity index is 1.74. The van der Waals surface area contributed by atoms with E-state index in [1.807, 2.05) is 4.90 Å². The molecule has 0 radical (unpaired) electrons. The van der Waals surface area contributed by atoms with E-state index in [2.05, 4.69) is 12.2 Å². The van der Waals surface area contributed by atoms with Crippen molar-refractivity contribution in [3.8, 4) is 0 Å². The largest absolute Gasteiger partial charge is 0.375 e. The number of ether oxygens (including phenoxy) is 1. The summed E-state index contributed by atoms with van der Waals surface area (Å²) in [6, 6.07) is 0. The summed E-state index contributed by atoms with van der Waals surface area (Å²) in [5.74, 6) is 1.03. The lowest BCUT2D eigenvalue weighted by Crippen LogP contribution is -2.42. The van der Waals surface area contributed by atoms with Crippen molar-refractivity contribution in [2.24, 2.45) is 5.92 Å². The van der Waals surface area contributed by atoms with Gasteiger partial charge in [0.05, 0.1) is 19.1 Å². The number of nitrogens with zero attached hydrogens (tertiary/aromatic N) is 1. The predicted octanol–water partition coefficient (Wildman–Crippen LogP) is 0.623. The maximum atomic E-state index is 12.0. The second kappa shape index (κ2) is 5.64. The van der Waals surface area contributed by atoms with Crippen LogP contribution in [0.15, 0.2) is 0 Å². The second-order valence-corrected chi connectivity index (χ2v) is 4.78. The molecular formula is C12H22N2O2. The highest BCUT2D eigenvalue weighted by Gasteiger charge is 2.27. The molecule has 4 heteroatoms. The minimum absolute atomic E-state index is 0.0782. The van der Waals surface area contributed by atoms with Crippen LogP contribution in [0.2, 0.25) is 0 Å². The Morgan fingerprint density at radius 1 is 1.50 bits per heavy atom. The number of hydrogen-bond donors (Lipinski definition) is 1. The van der Waals surface area contributed by atoms with E-state index in [0.29, 0.717) is 6.42 Å². The number of carbonyl (C=O) groups excluding carboxylic acids is 1. The third-order valence-electron chi connectivity index (χ3n) is 3.32. The molecule has 0 aromatic carbocycles. The summed E-state index contributed by atoms with van der Waals surface area (Å²) in [5, 5.41) is 3.25. The van der Waals surface area contributed by atoms with Crippen LogP contribution in [0, 0.1) is 5.92 Å². The Bertz CT molecular complexity index is 235.